The van der Waals surface area contributed by atoms with Gasteiger partial charge in [-0.25, -0.2) is 0 Å². The maximum absolute atomic E-state index is 11.5. The molecule has 0 spiro atoms. The first-order valence-electron chi connectivity index (χ1n) is 7.21. The third kappa shape index (κ3) is 3.58. The van der Waals surface area contributed by atoms with Crippen molar-refractivity contribution in [3.05, 3.63) is 35.4 Å². The quantitative estimate of drug-likeness (QED) is 0.872. The maximum Gasteiger partial charge on any atom is 0.236 e. The summed E-state index contributed by atoms with van der Waals surface area (Å²) in [4.78, 5) is 13.6. The van der Waals surface area contributed by atoms with Crippen molar-refractivity contribution in [1.82, 2.24) is 10.2 Å². The number of carbonyl (C=O) groups excluding carboxylic acids is 1. The number of piperazine rings is 1. The topological polar surface area (TPSA) is 58.4 Å². The van der Waals surface area contributed by atoms with E-state index in [-0.39, 0.29) is 17.4 Å². The van der Waals surface area contributed by atoms with Crippen molar-refractivity contribution in [2.24, 2.45) is 5.73 Å². The van der Waals surface area contributed by atoms with Crippen LogP contribution < -0.4 is 11.1 Å². The molecule has 2 rings (SSSR count). The summed E-state index contributed by atoms with van der Waals surface area (Å²) >= 11 is 0. The molecule has 1 fully saturated rings. The van der Waals surface area contributed by atoms with E-state index in [4.69, 9.17) is 5.73 Å². The van der Waals surface area contributed by atoms with E-state index in [1.54, 1.807) is 0 Å². The molecular formula is C16H25N3O. The van der Waals surface area contributed by atoms with Gasteiger partial charge in [-0.15, -0.1) is 0 Å². The van der Waals surface area contributed by atoms with E-state index in [2.05, 4.69) is 55.3 Å². The zero-order valence-electron chi connectivity index (χ0n) is 12.6. The Balaban J connectivity index is 2.07. The summed E-state index contributed by atoms with van der Waals surface area (Å²) in [5.74, 6) is -0.247. The Morgan fingerprint density at radius 3 is 2.55 bits per heavy atom. The molecule has 1 unspecified atom stereocenters. The van der Waals surface area contributed by atoms with Gasteiger partial charge in [0.1, 0.15) is 6.04 Å². The molecule has 1 atom stereocenters. The number of primary amides is 1. The zero-order valence-corrected chi connectivity index (χ0v) is 12.6. The second-order valence-corrected chi connectivity index (χ2v) is 6.54. The van der Waals surface area contributed by atoms with Gasteiger partial charge >= 0.3 is 0 Å². The van der Waals surface area contributed by atoms with Gasteiger partial charge in [-0.05, 0) is 16.5 Å². The molecule has 4 nitrogen and oxygen atoms in total. The van der Waals surface area contributed by atoms with Gasteiger partial charge in [-0.2, -0.15) is 0 Å². The molecule has 1 heterocycles. The van der Waals surface area contributed by atoms with Crippen molar-refractivity contribution in [2.45, 2.75) is 38.8 Å². The van der Waals surface area contributed by atoms with Crippen molar-refractivity contribution in [1.29, 1.82) is 0 Å². The number of benzene rings is 1. The second kappa shape index (κ2) is 5.94. The Bertz CT molecular complexity index is 462. The lowest BCUT2D eigenvalue weighted by molar-refractivity contribution is -0.124. The fourth-order valence-corrected chi connectivity index (χ4v) is 2.56. The van der Waals surface area contributed by atoms with Gasteiger partial charge in [0.2, 0.25) is 5.91 Å². The third-order valence-electron chi connectivity index (χ3n) is 3.89. The minimum atomic E-state index is -0.247. The summed E-state index contributed by atoms with van der Waals surface area (Å²) in [6.45, 7) is 9.82. The van der Waals surface area contributed by atoms with Crippen molar-refractivity contribution in [3.63, 3.8) is 0 Å². The van der Waals surface area contributed by atoms with Crippen molar-refractivity contribution in [2.75, 3.05) is 19.6 Å². The van der Waals surface area contributed by atoms with E-state index in [1.165, 1.54) is 11.1 Å². The molecule has 1 saturated heterocycles. The first kappa shape index (κ1) is 15.0. The summed E-state index contributed by atoms with van der Waals surface area (Å²) in [6.07, 6.45) is 0. The number of nitrogens with one attached hydrogen (secondary N) is 1. The summed E-state index contributed by atoms with van der Waals surface area (Å²) in [7, 11) is 0. The fraction of sp³-hybridized carbons (Fsp3) is 0.562. The molecule has 1 aromatic carbocycles. The average Bonchev–Trinajstić information content (AvgIpc) is 2.38. The number of carbonyl (C=O) groups is 1. The monoisotopic (exact) mass is 275 g/mol. The normalized spacial score (nSPS) is 20.9. The van der Waals surface area contributed by atoms with Crippen LogP contribution in [0.5, 0.6) is 0 Å². The van der Waals surface area contributed by atoms with Crippen molar-refractivity contribution < 1.29 is 4.79 Å². The lowest BCUT2D eigenvalue weighted by atomic mass is 9.86. The van der Waals surface area contributed by atoms with E-state index in [1.807, 2.05) is 0 Å². The second-order valence-electron chi connectivity index (χ2n) is 6.54. The molecule has 0 radical (unpaired) electrons. The Hall–Kier alpha value is -1.39. The van der Waals surface area contributed by atoms with Gasteiger partial charge in [0.15, 0.2) is 0 Å². The fourth-order valence-electron chi connectivity index (χ4n) is 2.56. The first-order valence-corrected chi connectivity index (χ1v) is 7.21. The van der Waals surface area contributed by atoms with Crippen LogP contribution in [0.25, 0.3) is 0 Å². The Labute approximate surface area is 121 Å². The van der Waals surface area contributed by atoms with Crippen molar-refractivity contribution >= 4 is 5.91 Å². The summed E-state index contributed by atoms with van der Waals surface area (Å²) in [5, 5.41) is 3.22. The number of hydrogen-bond donors (Lipinski definition) is 2. The Morgan fingerprint density at radius 2 is 2.00 bits per heavy atom. The molecular weight excluding hydrogens is 250 g/mol. The summed E-state index contributed by atoms with van der Waals surface area (Å²) < 4.78 is 0. The molecule has 0 aliphatic carbocycles. The highest BCUT2D eigenvalue weighted by atomic mass is 16.1. The summed E-state index contributed by atoms with van der Waals surface area (Å²) in [5.41, 5.74) is 8.20. The van der Waals surface area contributed by atoms with Gasteiger partial charge in [-0.3, -0.25) is 9.69 Å². The number of hydrogen-bond acceptors (Lipinski definition) is 3. The highest BCUT2D eigenvalue weighted by Gasteiger charge is 2.26. The van der Waals surface area contributed by atoms with Crippen LogP contribution in [-0.2, 0) is 16.8 Å². The lowest BCUT2D eigenvalue weighted by Crippen LogP contribution is -2.56. The molecule has 3 N–H and O–H groups in total. The molecule has 110 valence electrons. The smallest absolute Gasteiger partial charge is 0.236 e. The van der Waals surface area contributed by atoms with Crippen LogP contribution >= 0.6 is 0 Å². The molecule has 0 aromatic heterocycles. The summed E-state index contributed by atoms with van der Waals surface area (Å²) in [6, 6.07) is 8.46. The van der Waals surface area contributed by atoms with Gasteiger partial charge in [0, 0.05) is 26.2 Å². The predicted molar refractivity (Wildman–Crippen MR) is 81.4 cm³/mol. The molecule has 1 aromatic rings. The standard InChI is InChI=1S/C16H25N3O/c1-16(2,3)13-6-4-12(5-7-13)11-19-9-8-18-10-14(19)15(17)20/h4-7,14,18H,8-11H2,1-3H3,(H2,17,20). The van der Waals surface area contributed by atoms with Crippen LogP contribution in [0, 0.1) is 0 Å². The molecule has 4 heteroatoms. The van der Waals surface area contributed by atoms with E-state index in [0.29, 0.717) is 6.54 Å². The van der Waals surface area contributed by atoms with Gasteiger partial charge in [-0.1, -0.05) is 45.0 Å². The molecule has 1 amide bonds. The largest absolute Gasteiger partial charge is 0.368 e. The average molecular weight is 275 g/mol. The Kier molecular flexibility index (Phi) is 4.45. The van der Waals surface area contributed by atoms with Crippen LogP contribution in [0.15, 0.2) is 24.3 Å². The zero-order chi connectivity index (χ0) is 14.8. The highest BCUT2D eigenvalue weighted by Crippen LogP contribution is 2.22. The van der Waals surface area contributed by atoms with Crippen molar-refractivity contribution in [3.8, 4) is 0 Å². The molecule has 0 saturated carbocycles. The van der Waals surface area contributed by atoms with Crippen LogP contribution in [0.1, 0.15) is 31.9 Å². The highest BCUT2D eigenvalue weighted by molar-refractivity contribution is 5.80. The van der Waals surface area contributed by atoms with Crippen LogP contribution in [0.2, 0.25) is 0 Å². The van der Waals surface area contributed by atoms with Gasteiger partial charge < -0.3 is 11.1 Å². The molecule has 1 aliphatic heterocycles. The molecule has 1 aliphatic rings. The van der Waals surface area contributed by atoms with Crippen LogP contribution in [0.4, 0.5) is 0 Å². The SMILES string of the molecule is CC(C)(C)c1ccc(CN2CCNCC2C(N)=O)cc1. The van der Waals surface area contributed by atoms with E-state index < -0.39 is 0 Å². The van der Waals surface area contributed by atoms with E-state index in [9.17, 15) is 4.79 Å². The number of rotatable bonds is 3. The first-order chi connectivity index (χ1) is 9.38. The lowest BCUT2D eigenvalue weighted by Gasteiger charge is -2.34. The van der Waals surface area contributed by atoms with E-state index in [0.717, 1.165) is 19.6 Å². The predicted octanol–water partition coefficient (Wildman–Crippen LogP) is 1.24. The third-order valence-corrected chi connectivity index (χ3v) is 3.89. The van der Waals surface area contributed by atoms with E-state index >= 15 is 0 Å². The minimum absolute atomic E-state index is 0.170. The van der Waals surface area contributed by atoms with Crippen LogP contribution in [0.3, 0.4) is 0 Å². The van der Waals surface area contributed by atoms with Gasteiger partial charge in [0.25, 0.3) is 0 Å². The Morgan fingerprint density at radius 1 is 1.35 bits per heavy atom. The molecule has 0 bridgehead atoms. The number of amides is 1. The number of nitrogens with two attached hydrogens (primary N) is 1. The maximum atomic E-state index is 11.5. The number of nitrogens with zero attached hydrogens (tertiary/aromatic N) is 1. The van der Waals surface area contributed by atoms with Crippen LogP contribution in [-0.4, -0.2) is 36.5 Å². The van der Waals surface area contributed by atoms with Gasteiger partial charge in [0.05, 0.1) is 0 Å². The molecule has 20 heavy (non-hydrogen) atoms. The minimum Gasteiger partial charge on any atom is -0.368 e.